The Balaban J connectivity index is 0.000000195. The Morgan fingerprint density at radius 2 is 2.40 bits per heavy atom. The third-order valence-electron chi connectivity index (χ3n) is 3.11. The minimum absolute atomic E-state index is 0.224. The molecule has 2 fully saturated rings. The lowest BCUT2D eigenvalue weighted by molar-refractivity contribution is 0.148. The first-order valence-corrected chi connectivity index (χ1v) is 5.76. The van der Waals surface area contributed by atoms with Gasteiger partial charge in [-0.15, -0.1) is 0 Å². The molecule has 0 spiro atoms. The van der Waals surface area contributed by atoms with E-state index in [0.29, 0.717) is 0 Å². The molecule has 1 aliphatic carbocycles. The SMILES string of the molecule is COS(=O)O.O=C=CC12CCC1CNC2. The summed E-state index contributed by atoms with van der Waals surface area (Å²) < 4.78 is 20.6. The number of hydrogen-bond acceptors (Lipinski definition) is 4. The molecule has 6 heteroatoms. The summed E-state index contributed by atoms with van der Waals surface area (Å²) >= 11 is -2.07. The Kier molecular flexibility index (Phi) is 4.63. The van der Waals surface area contributed by atoms with Gasteiger partial charge < -0.3 is 5.32 Å². The fourth-order valence-corrected chi connectivity index (χ4v) is 2.09. The second-order valence-electron chi connectivity index (χ2n) is 3.75. The van der Waals surface area contributed by atoms with Crippen molar-refractivity contribution in [3.05, 3.63) is 6.08 Å². The van der Waals surface area contributed by atoms with E-state index in [0.717, 1.165) is 26.1 Å². The highest BCUT2D eigenvalue weighted by Gasteiger charge is 2.48. The fourth-order valence-electron chi connectivity index (χ4n) is 2.09. The summed E-state index contributed by atoms with van der Waals surface area (Å²) in [7, 11) is 1.15. The predicted molar refractivity (Wildman–Crippen MR) is 56.1 cm³/mol. The highest BCUT2D eigenvalue weighted by atomic mass is 32.2. The van der Waals surface area contributed by atoms with Gasteiger partial charge in [-0.25, -0.2) is 4.79 Å². The van der Waals surface area contributed by atoms with Crippen molar-refractivity contribution in [1.82, 2.24) is 5.32 Å². The van der Waals surface area contributed by atoms with Gasteiger partial charge in [-0.1, -0.05) is 0 Å². The first-order valence-electron chi connectivity index (χ1n) is 4.73. The number of rotatable bonds is 2. The van der Waals surface area contributed by atoms with E-state index in [1.54, 1.807) is 6.08 Å². The fraction of sp³-hybridized carbons (Fsp3) is 0.778. The molecule has 2 N–H and O–H groups in total. The van der Waals surface area contributed by atoms with Crippen LogP contribution in [0.3, 0.4) is 0 Å². The van der Waals surface area contributed by atoms with Crippen molar-refractivity contribution in [2.24, 2.45) is 11.3 Å². The summed E-state index contributed by atoms with van der Waals surface area (Å²) in [5.74, 6) is 2.65. The van der Waals surface area contributed by atoms with Gasteiger partial charge in [0.1, 0.15) is 5.94 Å². The molecule has 1 aliphatic heterocycles. The van der Waals surface area contributed by atoms with E-state index in [1.165, 1.54) is 12.8 Å². The largest absolute Gasteiger partial charge is 0.316 e. The van der Waals surface area contributed by atoms with Crippen LogP contribution in [0.2, 0.25) is 0 Å². The van der Waals surface area contributed by atoms with Crippen LogP contribution in [-0.4, -0.2) is 34.9 Å². The van der Waals surface area contributed by atoms with E-state index in [1.807, 2.05) is 5.94 Å². The quantitative estimate of drug-likeness (QED) is 0.524. The number of fused-ring (bicyclic) bond motifs is 1. The van der Waals surface area contributed by atoms with E-state index in [-0.39, 0.29) is 5.41 Å². The zero-order chi connectivity index (χ0) is 11.3. The molecule has 0 aromatic heterocycles. The zero-order valence-electron chi connectivity index (χ0n) is 8.56. The molecule has 3 unspecified atom stereocenters. The van der Waals surface area contributed by atoms with Crippen LogP contribution in [0.15, 0.2) is 6.08 Å². The van der Waals surface area contributed by atoms with Crippen molar-refractivity contribution in [2.45, 2.75) is 12.8 Å². The molecule has 0 radical (unpaired) electrons. The van der Waals surface area contributed by atoms with Crippen molar-refractivity contribution < 1.29 is 17.7 Å². The second-order valence-corrected chi connectivity index (χ2v) is 4.51. The summed E-state index contributed by atoms with van der Waals surface area (Å²) in [6, 6.07) is 0. The normalized spacial score (nSPS) is 33.9. The standard InChI is InChI=1S/C8H11NO.CH4O3S/c10-4-3-8-2-1-7(8)5-9-6-8;1-4-5(2)3/h3,7,9H,1-2,5-6H2;1H3,(H,2,3). The monoisotopic (exact) mass is 233 g/mol. The van der Waals surface area contributed by atoms with Gasteiger partial charge >= 0.3 is 11.4 Å². The van der Waals surface area contributed by atoms with Gasteiger partial charge in [0.15, 0.2) is 0 Å². The minimum atomic E-state index is -2.07. The molecule has 86 valence electrons. The van der Waals surface area contributed by atoms with Crippen LogP contribution in [0.1, 0.15) is 12.8 Å². The number of nitrogens with one attached hydrogen (secondary N) is 1. The molecular formula is C9H15NO4S. The van der Waals surface area contributed by atoms with Crippen molar-refractivity contribution in [3.8, 4) is 0 Å². The van der Waals surface area contributed by atoms with E-state index in [9.17, 15) is 9.00 Å². The molecule has 1 saturated carbocycles. The maximum absolute atomic E-state index is 10.1. The smallest absolute Gasteiger partial charge is 0.301 e. The number of carbonyl (C=O) groups excluding carboxylic acids is 1. The third-order valence-corrected chi connectivity index (χ3v) is 3.39. The van der Waals surface area contributed by atoms with E-state index in [4.69, 9.17) is 4.55 Å². The minimum Gasteiger partial charge on any atom is -0.316 e. The van der Waals surface area contributed by atoms with Gasteiger partial charge in [-0.3, -0.25) is 8.74 Å². The summed E-state index contributed by atoms with van der Waals surface area (Å²) in [5, 5.41) is 3.30. The van der Waals surface area contributed by atoms with Crippen molar-refractivity contribution in [1.29, 1.82) is 0 Å². The molecule has 0 aromatic carbocycles. The van der Waals surface area contributed by atoms with Crippen LogP contribution in [0.5, 0.6) is 0 Å². The van der Waals surface area contributed by atoms with E-state index in [2.05, 4.69) is 9.50 Å². The van der Waals surface area contributed by atoms with Crippen LogP contribution in [0.4, 0.5) is 0 Å². The Bertz CT molecular complexity index is 290. The molecule has 5 nitrogen and oxygen atoms in total. The van der Waals surface area contributed by atoms with Gasteiger partial charge in [-0.2, -0.15) is 4.21 Å². The van der Waals surface area contributed by atoms with Crippen molar-refractivity contribution in [2.75, 3.05) is 20.2 Å². The van der Waals surface area contributed by atoms with Crippen molar-refractivity contribution in [3.63, 3.8) is 0 Å². The molecular weight excluding hydrogens is 218 g/mol. The molecule has 15 heavy (non-hydrogen) atoms. The van der Waals surface area contributed by atoms with Gasteiger partial charge in [0.25, 0.3) is 0 Å². The summed E-state index contributed by atoms with van der Waals surface area (Å²) in [6.45, 7) is 2.09. The topological polar surface area (TPSA) is 75.6 Å². The Morgan fingerprint density at radius 1 is 1.73 bits per heavy atom. The molecule has 1 heterocycles. The summed E-state index contributed by atoms with van der Waals surface area (Å²) in [6.07, 6.45) is 4.19. The lowest BCUT2D eigenvalue weighted by Gasteiger charge is -2.40. The third kappa shape index (κ3) is 2.96. The maximum atomic E-state index is 10.1. The molecule has 3 atom stereocenters. The van der Waals surface area contributed by atoms with Crippen LogP contribution < -0.4 is 5.32 Å². The van der Waals surface area contributed by atoms with Crippen LogP contribution in [0.25, 0.3) is 0 Å². The highest BCUT2D eigenvalue weighted by Crippen LogP contribution is 2.49. The molecule has 0 amide bonds. The van der Waals surface area contributed by atoms with Gasteiger partial charge in [0, 0.05) is 18.0 Å². The highest BCUT2D eigenvalue weighted by molar-refractivity contribution is 7.74. The average Bonchev–Trinajstić information content (AvgIpc) is 2.47. The Labute approximate surface area is 91.4 Å². The van der Waals surface area contributed by atoms with E-state index >= 15 is 0 Å². The van der Waals surface area contributed by atoms with Crippen LogP contribution in [-0.2, 0) is 20.3 Å². The van der Waals surface area contributed by atoms with Gasteiger partial charge in [-0.05, 0) is 25.3 Å². The first kappa shape index (κ1) is 12.5. The Hall–Kier alpha value is -0.520. The Morgan fingerprint density at radius 3 is 2.73 bits per heavy atom. The molecule has 2 aliphatic rings. The van der Waals surface area contributed by atoms with Crippen molar-refractivity contribution >= 4 is 17.3 Å². The molecule has 0 aromatic rings. The predicted octanol–water partition coefficient (Wildman–Crippen LogP) is 0.143. The molecule has 0 bridgehead atoms. The maximum Gasteiger partial charge on any atom is 0.301 e. The summed E-state index contributed by atoms with van der Waals surface area (Å²) in [4.78, 5) is 10.1. The zero-order valence-corrected chi connectivity index (χ0v) is 9.38. The van der Waals surface area contributed by atoms with Crippen LogP contribution in [0, 0.1) is 11.3 Å². The lowest BCUT2D eigenvalue weighted by atomic mass is 9.62. The van der Waals surface area contributed by atoms with E-state index < -0.39 is 11.4 Å². The molecule has 1 saturated heterocycles. The summed E-state index contributed by atoms with van der Waals surface area (Å²) in [5.41, 5.74) is 0.224. The first-order chi connectivity index (χ1) is 7.14. The van der Waals surface area contributed by atoms with Crippen LogP contribution >= 0.6 is 0 Å². The number of hydrogen-bond donors (Lipinski definition) is 2. The second kappa shape index (κ2) is 5.53. The average molecular weight is 233 g/mol. The molecule has 2 rings (SSSR count). The van der Waals surface area contributed by atoms with Gasteiger partial charge in [0.05, 0.1) is 7.11 Å². The lowest BCUT2D eigenvalue weighted by Crippen LogP contribution is -2.37. The van der Waals surface area contributed by atoms with Gasteiger partial charge in [0.2, 0.25) is 0 Å².